The highest BCUT2D eigenvalue weighted by Crippen LogP contribution is 2.29. The van der Waals surface area contributed by atoms with E-state index in [9.17, 15) is 9.18 Å². The Bertz CT molecular complexity index is 606. The minimum Gasteiger partial charge on any atom is -0.496 e. The van der Waals surface area contributed by atoms with E-state index in [-0.39, 0.29) is 17.8 Å². The molecule has 0 spiro atoms. The summed E-state index contributed by atoms with van der Waals surface area (Å²) in [5, 5.41) is 2.94. The molecule has 1 saturated heterocycles. The van der Waals surface area contributed by atoms with Crippen LogP contribution >= 0.6 is 0 Å². The van der Waals surface area contributed by atoms with E-state index in [0.717, 1.165) is 13.1 Å². The first kappa shape index (κ1) is 18.1. The molecule has 1 amide bonds. The summed E-state index contributed by atoms with van der Waals surface area (Å²) >= 11 is 0. The molecular formula is C19H27FN2O3. The molecule has 25 heavy (non-hydrogen) atoms. The average molecular weight is 350 g/mol. The van der Waals surface area contributed by atoms with Crippen molar-refractivity contribution in [1.29, 1.82) is 0 Å². The number of hydrogen-bond donors (Lipinski definition) is 1. The van der Waals surface area contributed by atoms with Crippen LogP contribution in [-0.2, 0) is 9.53 Å². The van der Waals surface area contributed by atoms with Gasteiger partial charge in [0.15, 0.2) is 0 Å². The van der Waals surface area contributed by atoms with Gasteiger partial charge in [-0.25, -0.2) is 4.39 Å². The van der Waals surface area contributed by atoms with Crippen molar-refractivity contribution >= 4 is 5.91 Å². The standard InChI is InChI=1S/C19H27FN2O3/c1-13(18-15(20)7-4-8-17(18)24-2)21-19(23)16-12-25-10-9-22(16)11-14-5-3-6-14/h4,7-8,13-14,16H,3,5-6,9-12H2,1-2H3,(H,21,23)/t13-,16-/m1/s1. The highest BCUT2D eigenvalue weighted by molar-refractivity contribution is 5.82. The number of morpholine rings is 1. The fourth-order valence-electron chi connectivity index (χ4n) is 3.60. The maximum atomic E-state index is 14.2. The van der Waals surface area contributed by atoms with Crippen LogP contribution < -0.4 is 10.1 Å². The molecule has 138 valence electrons. The minimum absolute atomic E-state index is 0.114. The summed E-state index contributed by atoms with van der Waals surface area (Å²) in [5.41, 5.74) is 0.376. The van der Waals surface area contributed by atoms with Crippen molar-refractivity contribution in [2.75, 3.05) is 33.4 Å². The average Bonchev–Trinajstić information content (AvgIpc) is 2.57. The zero-order chi connectivity index (χ0) is 17.8. The summed E-state index contributed by atoms with van der Waals surface area (Å²) in [6, 6.07) is 3.90. The van der Waals surface area contributed by atoms with E-state index < -0.39 is 6.04 Å². The Balaban J connectivity index is 1.67. The third kappa shape index (κ3) is 4.12. The fourth-order valence-corrected chi connectivity index (χ4v) is 3.60. The van der Waals surface area contributed by atoms with Crippen LogP contribution in [0.4, 0.5) is 4.39 Å². The number of nitrogens with one attached hydrogen (secondary N) is 1. The highest BCUT2D eigenvalue weighted by atomic mass is 19.1. The van der Waals surface area contributed by atoms with Crippen LogP contribution in [0.15, 0.2) is 18.2 Å². The summed E-state index contributed by atoms with van der Waals surface area (Å²) in [6.45, 7) is 4.54. The van der Waals surface area contributed by atoms with Crippen LogP contribution in [0.3, 0.4) is 0 Å². The number of nitrogens with zero attached hydrogens (tertiary/aromatic N) is 1. The lowest BCUT2D eigenvalue weighted by molar-refractivity contribution is -0.134. The van der Waals surface area contributed by atoms with Crippen LogP contribution in [0.2, 0.25) is 0 Å². The number of benzene rings is 1. The molecule has 0 radical (unpaired) electrons. The van der Waals surface area contributed by atoms with Crippen molar-refractivity contribution in [2.45, 2.75) is 38.3 Å². The Kier molecular flexibility index (Phi) is 5.91. The molecule has 1 aromatic rings. The number of halogens is 1. The summed E-state index contributed by atoms with van der Waals surface area (Å²) in [4.78, 5) is 15.0. The number of ether oxygens (including phenoxy) is 2. The van der Waals surface area contributed by atoms with Gasteiger partial charge in [-0.1, -0.05) is 12.5 Å². The predicted octanol–water partition coefficient (Wildman–Crippen LogP) is 2.51. The first-order valence-electron chi connectivity index (χ1n) is 9.04. The van der Waals surface area contributed by atoms with Crippen molar-refractivity contribution in [3.05, 3.63) is 29.6 Å². The van der Waals surface area contributed by atoms with Gasteiger partial charge in [0, 0.05) is 13.1 Å². The molecule has 2 fully saturated rings. The number of amides is 1. The predicted molar refractivity (Wildman–Crippen MR) is 93.0 cm³/mol. The molecule has 2 atom stereocenters. The highest BCUT2D eigenvalue weighted by Gasteiger charge is 2.33. The Morgan fingerprint density at radius 3 is 2.96 bits per heavy atom. The van der Waals surface area contributed by atoms with Gasteiger partial charge >= 0.3 is 0 Å². The molecule has 0 aromatic heterocycles. The van der Waals surface area contributed by atoms with Gasteiger partial charge in [-0.2, -0.15) is 0 Å². The number of methoxy groups -OCH3 is 1. The molecule has 1 aromatic carbocycles. The second-order valence-electron chi connectivity index (χ2n) is 6.97. The molecule has 0 unspecified atom stereocenters. The third-order valence-corrected chi connectivity index (χ3v) is 5.28. The van der Waals surface area contributed by atoms with E-state index in [0.29, 0.717) is 30.4 Å². The van der Waals surface area contributed by atoms with Crippen molar-refractivity contribution in [3.63, 3.8) is 0 Å². The normalized spacial score (nSPS) is 22.9. The lowest BCUT2D eigenvalue weighted by atomic mass is 9.84. The van der Waals surface area contributed by atoms with Gasteiger partial charge in [0.1, 0.15) is 17.6 Å². The largest absolute Gasteiger partial charge is 0.496 e. The first-order chi connectivity index (χ1) is 12.1. The lowest BCUT2D eigenvalue weighted by Gasteiger charge is -2.39. The molecule has 1 heterocycles. The zero-order valence-corrected chi connectivity index (χ0v) is 15.0. The summed E-state index contributed by atoms with van der Waals surface area (Å²) in [7, 11) is 1.50. The molecule has 0 bridgehead atoms. The quantitative estimate of drug-likeness (QED) is 0.857. The molecular weight excluding hydrogens is 323 g/mol. The fraction of sp³-hybridized carbons (Fsp3) is 0.632. The van der Waals surface area contributed by atoms with Crippen LogP contribution in [-0.4, -0.2) is 50.3 Å². The minimum atomic E-state index is -0.476. The van der Waals surface area contributed by atoms with Crippen molar-refractivity contribution in [3.8, 4) is 5.75 Å². The van der Waals surface area contributed by atoms with Gasteiger partial charge in [-0.05, 0) is 37.8 Å². The van der Waals surface area contributed by atoms with E-state index in [1.165, 1.54) is 32.4 Å². The van der Waals surface area contributed by atoms with Crippen LogP contribution in [0.5, 0.6) is 5.75 Å². The SMILES string of the molecule is COc1cccc(F)c1[C@@H](C)NC(=O)[C@H]1COCCN1CC1CCC1. The molecule has 2 aliphatic rings. The lowest BCUT2D eigenvalue weighted by Crippen LogP contribution is -2.55. The number of carbonyl (C=O) groups excluding carboxylic acids is 1. The maximum Gasteiger partial charge on any atom is 0.240 e. The first-order valence-corrected chi connectivity index (χ1v) is 9.04. The van der Waals surface area contributed by atoms with E-state index in [1.54, 1.807) is 19.1 Å². The monoisotopic (exact) mass is 350 g/mol. The van der Waals surface area contributed by atoms with Crippen molar-refractivity contribution < 1.29 is 18.7 Å². The van der Waals surface area contributed by atoms with Gasteiger partial charge in [0.2, 0.25) is 5.91 Å². The molecule has 1 aliphatic carbocycles. The second kappa shape index (κ2) is 8.15. The zero-order valence-electron chi connectivity index (χ0n) is 15.0. The van der Waals surface area contributed by atoms with E-state index >= 15 is 0 Å². The Morgan fingerprint density at radius 2 is 2.28 bits per heavy atom. The Labute approximate surface area is 148 Å². The van der Waals surface area contributed by atoms with Gasteiger partial charge in [-0.15, -0.1) is 0 Å². The van der Waals surface area contributed by atoms with E-state index in [4.69, 9.17) is 9.47 Å². The van der Waals surface area contributed by atoms with Crippen LogP contribution in [0, 0.1) is 11.7 Å². The molecule has 1 saturated carbocycles. The molecule has 3 rings (SSSR count). The Morgan fingerprint density at radius 1 is 1.48 bits per heavy atom. The smallest absolute Gasteiger partial charge is 0.240 e. The Hall–Kier alpha value is -1.66. The second-order valence-corrected chi connectivity index (χ2v) is 6.97. The van der Waals surface area contributed by atoms with E-state index in [2.05, 4.69) is 10.2 Å². The molecule has 6 heteroatoms. The van der Waals surface area contributed by atoms with Crippen LogP contribution in [0.25, 0.3) is 0 Å². The van der Waals surface area contributed by atoms with Gasteiger partial charge < -0.3 is 14.8 Å². The van der Waals surface area contributed by atoms with Crippen LogP contribution in [0.1, 0.15) is 37.8 Å². The number of hydrogen-bond acceptors (Lipinski definition) is 4. The summed E-state index contributed by atoms with van der Waals surface area (Å²) < 4.78 is 25.0. The van der Waals surface area contributed by atoms with Gasteiger partial charge in [0.05, 0.1) is 31.9 Å². The maximum absolute atomic E-state index is 14.2. The molecule has 1 aliphatic heterocycles. The van der Waals surface area contributed by atoms with Crippen molar-refractivity contribution in [1.82, 2.24) is 10.2 Å². The topological polar surface area (TPSA) is 50.8 Å². The van der Waals surface area contributed by atoms with Gasteiger partial charge in [0.25, 0.3) is 0 Å². The van der Waals surface area contributed by atoms with Gasteiger partial charge in [-0.3, -0.25) is 9.69 Å². The summed E-state index contributed by atoms with van der Waals surface area (Å²) in [6.07, 6.45) is 3.78. The number of rotatable bonds is 6. The molecule has 1 N–H and O–H groups in total. The molecule has 5 nitrogen and oxygen atoms in total. The third-order valence-electron chi connectivity index (χ3n) is 5.28. The number of carbonyl (C=O) groups is 1. The van der Waals surface area contributed by atoms with Crippen molar-refractivity contribution in [2.24, 2.45) is 5.92 Å². The van der Waals surface area contributed by atoms with E-state index in [1.807, 2.05) is 0 Å². The summed E-state index contributed by atoms with van der Waals surface area (Å²) in [5.74, 6) is 0.645.